The highest BCUT2D eigenvalue weighted by molar-refractivity contribution is 6.01. The Labute approximate surface area is 278 Å². The van der Waals surface area contributed by atoms with Crippen molar-refractivity contribution in [1.29, 1.82) is 0 Å². The minimum absolute atomic E-state index is 0.0648. The zero-order chi connectivity index (χ0) is 33.1. The van der Waals surface area contributed by atoms with Crippen LogP contribution in [-0.4, -0.2) is 107 Å². The van der Waals surface area contributed by atoms with E-state index in [-0.39, 0.29) is 18.4 Å². The number of aromatic nitrogens is 4. The lowest BCUT2D eigenvalue weighted by molar-refractivity contribution is -0.138. The van der Waals surface area contributed by atoms with Crippen LogP contribution in [0.1, 0.15) is 6.42 Å². The summed E-state index contributed by atoms with van der Waals surface area (Å²) >= 11 is 0. The van der Waals surface area contributed by atoms with Crippen LogP contribution in [0.3, 0.4) is 0 Å². The van der Waals surface area contributed by atoms with Crippen LogP contribution in [0.2, 0.25) is 0 Å². The van der Waals surface area contributed by atoms with Crippen molar-refractivity contribution in [3.8, 4) is 28.4 Å². The van der Waals surface area contributed by atoms with Crippen molar-refractivity contribution in [2.24, 2.45) is 0 Å². The van der Waals surface area contributed by atoms with Crippen LogP contribution in [0.15, 0.2) is 85.2 Å². The molecule has 12 heteroatoms. The topological polar surface area (TPSA) is 129 Å². The number of benzene rings is 3. The van der Waals surface area contributed by atoms with Gasteiger partial charge >= 0.3 is 0 Å². The predicted octanol–water partition coefficient (Wildman–Crippen LogP) is 4.07. The molecule has 48 heavy (non-hydrogen) atoms. The molecule has 2 fully saturated rings. The van der Waals surface area contributed by atoms with Crippen molar-refractivity contribution in [2.45, 2.75) is 12.0 Å². The minimum Gasteiger partial charge on any atom is -0.497 e. The molecule has 4 heterocycles. The summed E-state index contributed by atoms with van der Waals surface area (Å²) in [6.45, 7) is 3.95. The number of aromatic amines is 1. The van der Waals surface area contributed by atoms with E-state index in [0.717, 1.165) is 52.3 Å². The number of nitrogens with zero attached hydrogens (tertiary/aromatic N) is 6. The molecule has 2 amide bonds. The van der Waals surface area contributed by atoms with Gasteiger partial charge in [-0.25, -0.2) is 9.97 Å². The number of piperazine rings is 1. The van der Waals surface area contributed by atoms with E-state index in [0.29, 0.717) is 44.1 Å². The average molecular weight is 647 g/mol. The molecule has 1 atom stereocenters. The van der Waals surface area contributed by atoms with Gasteiger partial charge < -0.3 is 24.6 Å². The second-order valence-corrected chi connectivity index (χ2v) is 12.2. The first-order valence-electron chi connectivity index (χ1n) is 16.1. The summed E-state index contributed by atoms with van der Waals surface area (Å²) in [5.41, 5.74) is 4.26. The molecule has 5 aromatic rings. The molecule has 3 aromatic carbocycles. The number of nitrogens with one attached hydrogen (secondary N) is 2. The second-order valence-electron chi connectivity index (χ2n) is 12.2. The van der Waals surface area contributed by atoms with E-state index < -0.39 is 5.60 Å². The largest absolute Gasteiger partial charge is 0.497 e. The van der Waals surface area contributed by atoms with Gasteiger partial charge in [-0.3, -0.25) is 19.6 Å². The molecule has 0 aliphatic carbocycles. The van der Waals surface area contributed by atoms with Crippen LogP contribution in [0, 0.1) is 0 Å². The SMILES string of the molecule is COc1ccc(-c2n[nH]c3ccc(NC(=O)[C@]4(OC)CCN(CC(=O)N5CCN(c6ccc(-c7ncccn7)cc6)CC5)C4)cc23)cc1. The maximum atomic E-state index is 13.7. The number of likely N-dealkylation sites (tertiary alicyclic amines) is 1. The third-order valence-electron chi connectivity index (χ3n) is 9.35. The smallest absolute Gasteiger partial charge is 0.258 e. The van der Waals surface area contributed by atoms with E-state index >= 15 is 0 Å². The molecule has 2 N–H and O–H groups in total. The Bertz CT molecular complexity index is 1890. The standard InChI is InChI=1S/C36H38N8O4/c1-47-29-11-6-25(7-12-29)33-30-22-27(8-13-31(30)40-41-33)39-35(46)36(48-2)14-17-42(24-36)23-32(45)44-20-18-43(19-21-44)28-9-4-26(5-10-28)34-37-15-3-16-38-34/h3-13,15-16,22H,14,17-21,23-24H2,1-2H3,(H,39,46)(H,40,41)/t36-/m0/s1. The molecular formula is C36H38N8O4. The van der Waals surface area contributed by atoms with Crippen LogP contribution in [-0.2, 0) is 14.3 Å². The molecule has 2 aromatic heterocycles. The highest BCUT2D eigenvalue weighted by Gasteiger charge is 2.45. The van der Waals surface area contributed by atoms with E-state index in [2.05, 4.69) is 42.5 Å². The quantitative estimate of drug-likeness (QED) is 0.244. The van der Waals surface area contributed by atoms with Gasteiger partial charge in [-0.1, -0.05) is 0 Å². The first kappa shape index (κ1) is 31.3. The average Bonchev–Trinajstić information content (AvgIpc) is 3.77. The fourth-order valence-corrected chi connectivity index (χ4v) is 6.52. The van der Waals surface area contributed by atoms with E-state index in [4.69, 9.17) is 9.47 Å². The summed E-state index contributed by atoms with van der Waals surface area (Å²) in [5.74, 6) is 1.30. The van der Waals surface area contributed by atoms with Gasteiger partial charge in [0.1, 0.15) is 5.75 Å². The molecule has 2 aliphatic heterocycles. The lowest BCUT2D eigenvalue weighted by atomic mass is 10.0. The van der Waals surface area contributed by atoms with Gasteiger partial charge in [0.15, 0.2) is 11.4 Å². The molecule has 246 valence electrons. The number of methoxy groups -OCH3 is 2. The van der Waals surface area contributed by atoms with Crippen molar-refractivity contribution >= 4 is 34.1 Å². The number of anilines is 2. The maximum absolute atomic E-state index is 13.7. The van der Waals surface area contributed by atoms with Crippen LogP contribution in [0.25, 0.3) is 33.5 Å². The summed E-state index contributed by atoms with van der Waals surface area (Å²) in [4.78, 5) is 41.9. The lowest BCUT2D eigenvalue weighted by Crippen LogP contribution is -2.52. The Hall–Kier alpha value is -5.33. The Morgan fingerprint density at radius 2 is 1.62 bits per heavy atom. The third kappa shape index (κ3) is 6.32. The van der Waals surface area contributed by atoms with E-state index in [1.165, 1.54) is 0 Å². The van der Waals surface area contributed by atoms with Gasteiger partial charge in [0, 0.05) is 86.7 Å². The predicted molar refractivity (Wildman–Crippen MR) is 184 cm³/mol. The first-order chi connectivity index (χ1) is 23.4. The van der Waals surface area contributed by atoms with Crippen LogP contribution < -0.4 is 15.0 Å². The van der Waals surface area contributed by atoms with Gasteiger partial charge in [-0.05, 0) is 79.2 Å². The summed E-state index contributed by atoms with van der Waals surface area (Å²) in [6.07, 6.45) is 3.97. The number of rotatable bonds is 9. The number of carbonyl (C=O) groups excluding carboxylic acids is 2. The van der Waals surface area contributed by atoms with Crippen molar-refractivity contribution in [1.82, 2.24) is 30.0 Å². The molecule has 2 aliphatic rings. The summed E-state index contributed by atoms with van der Waals surface area (Å²) in [5, 5.41) is 11.5. The highest BCUT2D eigenvalue weighted by atomic mass is 16.5. The fourth-order valence-electron chi connectivity index (χ4n) is 6.52. The monoisotopic (exact) mass is 646 g/mol. The van der Waals surface area contributed by atoms with Crippen molar-refractivity contribution in [2.75, 3.05) is 70.2 Å². The second kappa shape index (κ2) is 13.4. The fraction of sp³-hybridized carbons (Fsp3) is 0.306. The van der Waals surface area contributed by atoms with E-state index in [1.807, 2.05) is 64.4 Å². The van der Waals surface area contributed by atoms with Crippen LogP contribution in [0.4, 0.5) is 11.4 Å². The molecule has 0 radical (unpaired) electrons. The van der Waals surface area contributed by atoms with Crippen molar-refractivity contribution in [3.05, 3.63) is 85.2 Å². The molecule has 0 saturated carbocycles. The van der Waals surface area contributed by atoms with Crippen LogP contribution in [0.5, 0.6) is 5.75 Å². The van der Waals surface area contributed by atoms with Gasteiger partial charge in [0.2, 0.25) is 5.91 Å². The first-order valence-corrected chi connectivity index (χ1v) is 16.1. The summed E-state index contributed by atoms with van der Waals surface area (Å²) in [7, 11) is 3.19. The molecule has 12 nitrogen and oxygen atoms in total. The van der Waals surface area contributed by atoms with E-state index in [1.54, 1.807) is 32.7 Å². The maximum Gasteiger partial charge on any atom is 0.258 e. The Kier molecular flexibility index (Phi) is 8.74. The Balaban J connectivity index is 0.939. The van der Waals surface area contributed by atoms with Gasteiger partial charge in [-0.15, -0.1) is 0 Å². The third-order valence-corrected chi connectivity index (χ3v) is 9.35. The Morgan fingerprint density at radius 3 is 2.33 bits per heavy atom. The highest BCUT2D eigenvalue weighted by Crippen LogP contribution is 2.32. The van der Waals surface area contributed by atoms with Crippen molar-refractivity contribution < 1.29 is 19.1 Å². The van der Waals surface area contributed by atoms with E-state index in [9.17, 15) is 9.59 Å². The molecule has 0 unspecified atom stereocenters. The molecule has 0 bridgehead atoms. The minimum atomic E-state index is -1.06. The number of hydrogen-bond acceptors (Lipinski definition) is 9. The molecular weight excluding hydrogens is 608 g/mol. The summed E-state index contributed by atoms with van der Waals surface area (Å²) in [6, 6.07) is 23.4. The molecule has 2 saturated heterocycles. The van der Waals surface area contributed by atoms with Gasteiger partial charge in [0.05, 0.1) is 24.9 Å². The number of fused-ring (bicyclic) bond motifs is 1. The zero-order valence-corrected chi connectivity index (χ0v) is 27.1. The number of carbonyl (C=O) groups is 2. The molecule has 0 spiro atoms. The van der Waals surface area contributed by atoms with Crippen LogP contribution >= 0.6 is 0 Å². The lowest BCUT2D eigenvalue weighted by Gasteiger charge is -2.37. The zero-order valence-electron chi connectivity index (χ0n) is 27.1. The number of ether oxygens (including phenoxy) is 2. The normalized spacial score (nSPS) is 18.3. The summed E-state index contributed by atoms with van der Waals surface area (Å²) < 4.78 is 11.1. The number of hydrogen-bond donors (Lipinski definition) is 2. The molecule has 7 rings (SSSR count). The number of H-pyrrole nitrogens is 1. The van der Waals surface area contributed by atoms with Gasteiger partial charge in [0.25, 0.3) is 5.91 Å². The van der Waals surface area contributed by atoms with Crippen molar-refractivity contribution in [3.63, 3.8) is 0 Å². The Morgan fingerprint density at radius 1 is 0.896 bits per heavy atom. The van der Waals surface area contributed by atoms with Gasteiger partial charge in [-0.2, -0.15) is 5.10 Å². The number of amides is 2.